The summed E-state index contributed by atoms with van der Waals surface area (Å²) in [5, 5.41) is 2.62. The molecule has 3 rings (SSSR count). The zero-order valence-corrected chi connectivity index (χ0v) is 13.3. The number of ether oxygens (including phenoxy) is 1. The number of hydrogen-bond acceptors (Lipinski definition) is 1. The highest BCUT2D eigenvalue weighted by molar-refractivity contribution is 5.84. The molecule has 0 spiro atoms. The van der Waals surface area contributed by atoms with Crippen LogP contribution in [-0.4, -0.2) is 6.61 Å². The Bertz CT molecular complexity index is 598. The Morgan fingerprint density at radius 2 is 1.86 bits per heavy atom. The van der Waals surface area contributed by atoms with Gasteiger partial charge in [-0.3, -0.25) is 0 Å². The second kappa shape index (κ2) is 6.51. The molecule has 0 heterocycles. The molecular weight excluding hydrogens is 256 g/mol. The first-order chi connectivity index (χ1) is 10.2. The second-order valence-corrected chi connectivity index (χ2v) is 6.65. The molecule has 0 N–H and O–H groups in total. The Labute approximate surface area is 128 Å². The van der Waals surface area contributed by atoms with Crippen LogP contribution in [0.1, 0.15) is 45.1 Å². The summed E-state index contributed by atoms with van der Waals surface area (Å²) in [5.41, 5.74) is 1.45. The second-order valence-electron chi connectivity index (χ2n) is 6.65. The van der Waals surface area contributed by atoms with E-state index >= 15 is 0 Å². The minimum atomic E-state index is 0.809. The normalized spacial score (nSPS) is 16.1. The van der Waals surface area contributed by atoms with Gasteiger partial charge in [0.2, 0.25) is 0 Å². The first kappa shape index (κ1) is 14.4. The molecule has 1 heteroatoms. The summed E-state index contributed by atoms with van der Waals surface area (Å²) in [6.45, 7) is 5.50. The molecule has 0 saturated heterocycles. The van der Waals surface area contributed by atoms with Crippen molar-refractivity contribution >= 4 is 10.8 Å². The van der Waals surface area contributed by atoms with E-state index in [1.807, 2.05) is 0 Å². The van der Waals surface area contributed by atoms with Crippen molar-refractivity contribution in [2.45, 2.75) is 46.0 Å². The summed E-state index contributed by atoms with van der Waals surface area (Å²) in [7, 11) is 0. The largest absolute Gasteiger partial charge is 0.493 e. The van der Waals surface area contributed by atoms with E-state index in [0.717, 1.165) is 24.2 Å². The molecule has 0 radical (unpaired) electrons. The Morgan fingerprint density at radius 1 is 1.10 bits per heavy atom. The van der Waals surface area contributed by atoms with Crippen LogP contribution in [0.25, 0.3) is 10.8 Å². The van der Waals surface area contributed by atoms with Gasteiger partial charge in [0.05, 0.1) is 6.61 Å². The number of rotatable bonds is 7. The predicted molar refractivity (Wildman–Crippen MR) is 89.9 cm³/mol. The first-order valence-electron chi connectivity index (χ1n) is 8.40. The molecule has 1 nitrogen and oxygen atoms in total. The van der Waals surface area contributed by atoms with Gasteiger partial charge in [0, 0.05) is 0 Å². The number of hydrogen-bond donors (Lipinski definition) is 0. The summed E-state index contributed by atoms with van der Waals surface area (Å²) < 4.78 is 5.86. The quantitative estimate of drug-likeness (QED) is 0.641. The third-order valence-corrected chi connectivity index (χ3v) is 4.68. The van der Waals surface area contributed by atoms with Crippen LogP contribution in [-0.2, 0) is 6.42 Å². The van der Waals surface area contributed by atoms with E-state index in [0.29, 0.717) is 0 Å². The molecule has 0 amide bonds. The molecule has 0 aliphatic heterocycles. The van der Waals surface area contributed by atoms with Crippen LogP contribution in [0.3, 0.4) is 0 Å². The van der Waals surface area contributed by atoms with Crippen molar-refractivity contribution in [1.29, 1.82) is 0 Å². The minimum Gasteiger partial charge on any atom is -0.493 e. The van der Waals surface area contributed by atoms with Gasteiger partial charge in [-0.15, -0.1) is 0 Å². The van der Waals surface area contributed by atoms with Gasteiger partial charge in [0.25, 0.3) is 0 Å². The SMILES string of the molecule is CCC(C)CCc1ccc2cc(OCC3CC3)ccc2c1. The van der Waals surface area contributed by atoms with E-state index < -0.39 is 0 Å². The Balaban J connectivity index is 1.68. The lowest BCUT2D eigenvalue weighted by molar-refractivity contribution is 0.300. The standard InChI is InChI=1S/C20H26O/c1-3-15(2)4-5-16-8-9-19-13-20(11-10-18(19)12-16)21-14-17-6-7-17/h8-13,15,17H,3-7,14H2,1-2H3. The Kier molecular flexibility index (Phi) is 4.48. The maximum Gasteiger partial charge on any atom is 0.119 e. The van der Waals surface area contributed by atoms with E-state index in [4.69, 9.17) is 4.74 Å². The fraction of sp³-hybridized carbons (Fsp3) is 0.500. The van der Waals surface area contributed by atoms with Crippen LogP contribution in [0, 0.1) is 11.8 Å². The zero-order chi connectivity index (χ0) is 14.7. The van der Waals surface area contributed by atoms with Gasteiger partial charge in [0.1, 0.15) is 5.75 Å². The third-order valence-electron chi connectivity index (χ3n) is 4.68. The summed E-state index contributed by atoms with van der Waals surface area (Å²) in [4.78, 5) is 0. The topological polar surface area (TPSA) is 9.23 Å². The number of aryl methyl sites for hydroxylation is 1. The van der Waals surface area contributed by atoms with Crippen molar-refractivity contribution in [2.24, 2.45) is 11.8 Å². The molecule has 1 atom stereocenters. The summed E-state index contributed by atoms with van der Waals surface area (Å²) in [6.07, 6.45) is 6.42. The molecule has 2 aromatic carbocycles. The molecule has 0 aromatic heterocycles. The van der Waals surface area contributed by atoms with Crippen LogP contribution in [0.4, 0.5) is 0 Å². The van der Waals surface area contributed by atoms with Gasteiger partial charge in [-0.05, 0) is 66.0 Å². The lowest BCUT2D eigenvalue weighted by atomic mass is 9.97. The van der Waals surface area contributed by atoms with Crippen molar-refractivity contribution in [2.75, 3.05) is 6.61 Å². The summed E-state index contributed by atoms with van der Waals surface area (Å²) >= 11 is 0. The lowest BCUT2D eigenvalue weighted by Gasteiger charge is -2.10. The number of benzene rings is 2. The maximum atomic E-state index is 5.86. The van der Waals surface area contributed by atoms with E-state index in [1.54, 1.807) is 0 Å². The first-order valence-corrected chi connectivity index (χ1v) is 8.40. The molecule has 1 aliphatic carbocycles. The van der Waals surface area contributed by atoms with Gasteiger partial charge in [-0.1, -0.05) is 44.5 Å². The van der Waals surface area contributed by atoms with Crippen LogP contribution in [0.15, 0.2) is 36.4 Å². The highest BCUT2D eigenvalue weighted by Gasteiger charge is 2.21. The van der Waals surface area contributed by atoms with E-state index in [1.165, 1.54) is 48.4 Å². The van der Waals surface area contributed by atoms with Crippen LogP contribution < -0.4 is 4.74 Å². The number of fused-ring (bicyclic) bond motifs is 1. The zero-order valence-electron chi connectivity index (χ0n) is 13.3. The van der Waals surface area contributed by atoms with Gasteiger partial charge in [-0.25, -0.2) is 0 Å². The molecule has 0 bridgehead atoms. The van der Waals surface area contributed by atoms with E-state index in [-0.39, 0.29) is 0 Å². The lowest BCUT2D eigenvalue weighted by Crippen LogP contribution is -1.98. The van der Waals surface area contributed by atoms with Crippen molar-refractivity contribution in [3.8, 4) is 5.75 Å². The van der Waals surface area contributed by atoms with E-state index in [9.17, 15) is 0 Å². The fourth-order valence-corrected chi connectivity index (χ4v) is 2.63. The molecule has 21 heavy (non-hydrogen) atoms. The fourth-order valence-electron chi connectivity index (χ4n) is 2.63. The van der Waals surface area contributed by atoms with Gasteiger partial charge < -0.3 is 4.74 Å². The molecule has 1 fully saturated rings. The van der Waals surface area contributed by atoms with Gasteiger partial charge in [0.15, 0.2) is 0 Å². The smallest absolute Gasteiger partial charge is 0.119 e. The van der Waals surface area contributed by atoms with Crippen LogP contribution in [0.5, 0.6) is 5.75 Å². The van der Waals surface area contributed by atoms with Crippen LogP contribution >= 0.6 is 0 Å². The molecule has 1 unspecified atom stereocenters. The molecular formula is C20H26O. The average molecular weight is 282 g/mol. The van der Waals surface area contributed by atoms with Gasteiger partial charge >= 0.3 is 0 Å². The monoisotopic (exact) mass is 282 g/mol. The highest BCUT2D eigenvalue weighted by Crippen LogP contribution is 2.30. The predicted octanol–water partition coefficient (Wildman–Crippen LogP) is 5.61. The van der Waals surface area contributed by atoms with Crippen molar-refractivity contribution in [3.05, 3.63) is 42.0 Å². The summed E-state index contributed by atoms with van der Waals surface area (Å²) in [6, 6.07) is 13.3. The molecule has 1 saturated carbocycles. The minimum absolute atomic E-state index is 0.809. The highest BCUT2D eigenvalue weighted by atomic mass is 16.5. The van der Waals surface area contributed by atoms with Crippen molar-refractivity contribution in [3.63, 3.8) is 0 Å². The molecule has 2 aromatic rings. The van der Waals surface area contributed by atoms with E-state index in [2.05, 4.69) is 50.2 Å². The molecule has 1 aliphatic rings. The summed E-state index contributed by atoms with van der Waals surface area (Å²) in [5.74, 6) is 2.64. The maximum absolute atomic E-state index is 5.86. The third kappa shape index (κ3) is 4.00. The van der Waals surface area contributed by atoms with Gasteiger partial charge in [-0.2, -0.15) is 0 Å². The Hall–Kier alpha value is -1.50. The van der Waals surface area contributed by atoms with Crippen molar-refractivity contribution < 1.29 is 4.74 Å². The molecule has 112 valence electrons. The Morgan fingerprint density at radius 3 is 2.62 bits per heavy atom. The van der Waals surface area contributed by atoms with Crippen LogP contribution in [0.2, 0.25) is 0 Å². The van der Waals surface area contributed by atoms with Crippen molar-refractivity contribution in [1.82, 2.24) is 0 Å². The average Bonchev–Trinajstić information content (AvgIpc) is 3.34.